The van der Waals surface area contributed by atoms with Crippen LogP contribution in [0, 0.1) is 12.8 Å². The fraction of sp³-hybridized carbons (Fsp3) is 0.522. The fourth-order valence-electron chi connectivity index (χ4n) is 5.04. The van der Waals surface area contributed by atoms with Gasteiger partial charge < -0.3 is 9.47 Å². The van der Waals surface area contributed by atoms with Crippen molar-refractivity contribution in [2.75, 3.05) is 25.4 Å². The molecule has 176 valence electrons. The number of fused-ring (bicyclic) bond motifs is 1. The third-order valence-corrected chi connectivity index (χ3v) is 8.27. The summed E-state index contributed by atoms with van der Waals surface area (Å²) in [5, 5.41) is 13.9. The van der Waals surface area contributed by atoms with E-state index in [2.05, 4.69) is 20.2 Å². The lowest BCUT2D eigenvalue weighted by molar-refractivity contribution is -0.137. The van der Waals surface area contributed by atoms with E-state index < -0.39 is 11.7 Å². The second kappa shape index (κ2) is 8.16. The molecule has 0 radical (unpaired) electrons. The summed E-state index contributed by atoms with van der Waals surface area (Å²) in [4.78, 5) is 2.45. The predicted molar refractivity (Wildman–Crippen MR) is 121 cm³/mol. The van der Waals surface area contributed by atoms with Crippen molar-refractivity contribution in [3.63, 3.8) is 0 Å². The van der Waals surface area contributed by atoms with E-state index in [-0.39, 0.29) is 5.41 Å². The van der Waals surface area contributed by atoms with Gasteiger partial charge >= 0.3 is 6.18 Å². The minimum absolute atomic E-state index is 0.0529. The normalized spacial score (nSPS) is 22.7. The first-order chi connectivity index (χ1) is 15.7. The van der Waals surface area contributed by atoms with Gasteiger partial charge in [-0.25, -0.2) is 0 Å². The molecule has 0 amide bonds. The maximum absolute atomic E-state index is 12.9. The Balaban J connectivity index is 1.13. The Kier molecular flexibility index (Phi) is 5.55. The number of nitrogens with zero attached hydrogens (tertiary/aromatic N) is 6. The molecule has 1 aliphatic carbocycles. The van der Waals surface area contributed by atoms with Gasteiger partial charge in [0.05, 0.1) is 17.3 Å². The quantitative estimate of drug-likeness (QED) is 0.376. The predicted octanol–water partition coefficient (Wildman–Crippen LogP) is 4.30. The van der Waals surface area contributed by atoms with Crippen LogP contribution in [0.5, 0.6) is 0 Å². The molecule has 2 unspecified atom stereocenters. The number of aryl methyl sites for hydroxylation is 1. The zero-order chi connectivity index (χ0) is 23.4. The van der Waals surface area contributed by atoms with Crippen LogP contribution in [-0.4, -0.2) is 54.8 Å². The Morgan fingerprint density at radius 2 is 1.91 bits per heavy atom. The Bertz CT molecular complexity index is 1150. The topological polar surface area (TPSA) is 51.8 Å². The molecule has 2 aromatic heterocycles. The van der Waals surface area contributed by atoms with Crippen LogP contribution >= 0.6 is 11.8 Å². The van der Waals surface area contributed by atoms with Crippen LogP contribution in [0.2, 0.25) is 0 Å². The highest BCUT2D eigenvalue weighted by Crippen LogP contribution is 2.59. The van der Waals surface area contributed by atoms with Crippen LogP contribution < -0.4 is 0 Å². The number of halogens is 3. The number of likely N-dealkylation sites (tertiary alicyclic amines) is 1. The number of alkyl halides is 3. The minimum Gasteiger partial charge on any atom is -0.305 e. The van der Waals surface area contributed by atoms with Gasteiger partial charge in [-0.15, -0.1) is 10.2 Å². The standard InChI is InChI=1S/C23H27F3N6S/c1-15-19(12-27-31(15)3)20-28-29-21(30(20)2)33-10-4-9-32-13-18-11-22(18,14-32)16-5-7-17(8-6-16)23(24,25)26/h5-8,12,18H,4,9-11,13-14H2,1-3H3. The maximum Gasteiger partial charge on any atom is 0.416 e. The van der Waals surface area contributed by atoms with E-state index in [0.29, 0.717) is 5.92 Å². The molecular weight excluding hydrogens is 449 g/mol. The van der Waals surface area contributed by atoms with Gasteiger partial charge in [-0.2, -0.15) is 18.3 Å². The summed E-state index contributed by atoms with van der Waals surface area (Å²) in [6.45, 7) is 4.96. The highest BCUT2D eigenvalue weighted by Gasteiger charge is 2.60. The van der Waals surface area contributed by atoms with Crippen LogP contribution in [0.3, 0.4) is 0 Å². The number of hydrogen-bond acceptors (Lipinski definition) is 5. The first-order valence-electron chi connectivity index (χ1n) is 11.1. The van der Waals surface area contributed by atoms with Crippen LogP contribution in [0.15, 0.2) is 35.6 Å². The summed E-state index contributed by atoms with van der Waals surface area (Å²) in [5.41, 5.74) is 2.57. The van der Waals surface area contributed by atoms with Crippen molar-refractivity contribution in [3.05, 3.63) is 47.3 Å². The number of thioether (sulfide) groups is 1. The molecule has 3 heterocycles. The molecule has 1 saturated carbocycles. The van der Waals surface area contributed by atoms with Gasteiger partial charge in [-0.3, -0.25) is 4.68 Å². The number of benzene rings is 1. The number of hydrogen-bond donors (Lipinski definition) is 0. The van der Waals surface area contributed by atoms with E-state index >= 15 is 0 Å². The summed E-state index contributed by atoms with van der Waals surface area (Å²) >= 11 is 1.70. The highest BCUT2D eigenvalue weighted by molar-refractivity contribution is 7.99. The van der Waals surface area contributed by atoms with Crippen molar-refractivity contribution in [1.29, 1.82) is 0 Å². The van der Waals surface area contributed by atoms with Crippen molar-refractivity contribution in [2.45, 2.75) is 36.5 Å². The summed E-state index contributed by atoms with van der Waals surface area (Å²) < 4.78 is 42.4. The molecule has 5 rings (SSSR count). The van der Waals surface area contributed by atoms with Gasteiger partial charge in [0.2, 0.25) is 0 Å². The third-order valence-electron chi connectivity index (χ3n) is 7.16. The smallest absolute Gasteiger partial charge is 0.305 e. The molecule has 1 aromatic carbocycles. The second-order valence-corrected chi connectivity index (χ2v) is 10.3. The lowest BCUT2D eigenvalue weighted by Crippen LogP contribution is -2.28. The molecule has 1 saturated heterocycles. The van der Waals surface area contributed by atoms with Crippen LogP contribution in [-0.2, 0) is 25.7 Å². The maximum atomic E-state index is 12.9. The van der Waals surface area contributed by atoms with E-state index in [4.69, 9.17) is 0 Å². The highest BCUT2D eigenvalue weighted by atomic mass is 32.2. The van der Waals surface area contributed by atoms with Crippen molar-refractivity contribution in [1.82, 2.24) is 29.4 Å². The molecule has 0 spiro atoms. The molecule has 10 heteroatoms. The summed E-state index contributed by atoms with van der Waals surface area (Å²) in [7, 11) is 3.89. The van der Waals surface area contributed by atoms with Gasteiger partial charge in [0.15, 0.2) is 11.0 Å². The van der Waals surface area contributed by atoms with E-state index in [1.54, 1.807) is 23.9 Å². The zero-order valence-corrected chi connectivity index (χ0v) is 19.7. The molecule has 2 aliphatic rings. The molecule has 2 fully saturated rings. The van der Waals surface area contributed by atoms with Gasteiger partial charge in [-0.1, -0.05) is 23.9 Å². The molecule has 3 aromatic rings. The largest absolute Gasteiger partial charge is 0.416 e. The lowest BCUT2D eigenvalue weighted by Gasteiger charge is -2.21. The van der Waals surface area contributed by atoms with Gasteiger partial charge in [-0.05, 0) is 49.9 Å². The summed E-state index contributed by atoms with van der Waals surface area (Å²) in [6.07, 6.45) is -0.356. The van der Waals surface area contributed by atoms with Gasteiger partial charge in [0, 0.05) is 44.0 Å². The Morgan fingerprint density at radius 3 is 2.58 bits per heavy atom. The van der Waals surface area contributed by atoms with Crippen molar-refractivity contribution in [3.8, 4) is 11.4 Å². The second-order valence-electron chi connectivity index (χ2n) is 9.20. The van der Waals surface area contributed by atoms with Crippen molar-refractivity contribution < 1.29 is 13.2 Å². The summed E-state index contributed by atoms with van der Waals surface area (Å²) in [6, 6.07) is 5.80. The molecule has 0 N–H and O–H groups in total. The summed E-state index contributed by atoms with van der Waals surface area (Å²) in [5.74, 6) is 2.32. The molecule has 2 atom stereocenters. The van der Waals surface area contributed by atoms with E-state index in [9.17, 15) is 13.2 Å². The van der Waals surface area contributed by atoms with Crippen molar-refractivity contribution in [2.24, 2.45) is 20.0 Å². The van der Waals surface area contributed by atoms with Gasteiger partial charge in [0.25, 0.3) is 0 Å². The minimum atomic E-state index is -4.28. The molecule has 6 nitrogen and oxygen atoms in total. The monoisotopic (exact) mass is 476 g/mol. The first-order valence-corrected chi connectivity index (χ1v) is 12.1. The average molecular weight is 477 g/mol. The van der Waals surface area contributed by atoms with Crippen LogP contribution in [0.4, 0.5) is 13.2 Å². The third kappa shape index (κ3) is 4.07. The molecular formula is C23H27F3N6S. The van der Waals surface area contributed by atoms with Gasteiger partial charge in [0.1, 0.15) is 0 Å². The van der Waals surface area contributed by atoms with Crippen LogP contribution in [0.25, 0.3) is 11.4 Å². The van der Waals surface area contributed by atoms with E-state index in [1.165, 1.54) is 12.1 Å². The number of piperidine rings is 1. The zero-order valence-electron chi connectivity index (χ0n) is 18.9. The fourth-order valence-corrected chi connectivity index (χ4v) is 5.87. The van der Waals surface area contributed by atoms with Crippen molar-refractivity contribution >= 4 is 11.8 Å². The SMILES string of the molecule is Cc1c(-c2nnc(SCCCN3CC4CC4(c4ccc(C(F)(F)F)cc4)C3)n2C)cnn1C. The average Bonchev–Trinajstić information content (AvgIpc) is 3.01. The Labute approximate surface area is 195 Å². The molecule has 1 aliphatic heterocycles. The molecule has 33 heavy (non-hydrogen) atoms. The molecule has 0 bridgehead atoms. The van der Waals surface area contributed by atoms with Crippen LogP contribution in [0.1, 0.15) is 29.7 Å². The number of aromatic nitrogens is 5. The van der Waals surface area contributed by atoms with E-state index in [1.807, 2.05) is 36.5 Å². The van der Waals surface area contributed by atoms with E-state index in [0.717, 1.165) is 66.0 Å². The number of rotatable bonds is 7. The lowest BCUT2D eigenvalue weighted by atomic mass is 9.94. The first kappa shape index (κ1) is 22.5. The Morgan fingerprint density at radius 1 is 1.15 bits per heavy atom. The Hall–Kier alpha value is -2.33.